The number of halogens is 2. The van der Waals surface area contributed by atoms with Crippen LogP contribution in [0.25, 0.3) is 0 Å². The van der Waals surface area contributed by atoms with Gasteiger partial charge in [0.2, 0.25) is 0 Å². The number of nitrogens with one attached hydrogen (secondary N) is 1. The smallest absolute Gasteiger partial charge is 0.257 e. The van der Waals surface area contributed by atoms with Crippen molar-refractivity contribution in [2.45, 2.75) is 6.92 Å². The van der Waals surface area contributed by atoms with Crippen LogP contribution in [-0.2, 0) is 7.05 Å². The van der Waals surface area contributed by atoms with Crippen molar-refractivity contribution >= 4 is 17.4 Å². The molecule has 19 heavy (non-hydrogen) atoms. The quantitative estimate of drug-likeness (QED) is 0.871. The van der Waals surface area contributed by atoms with Crippen molar-refractivity contribution in [3.63, 3.8) is 0 Å². The van der Waals surface area contributed by atoms with E-state index in [1.165, 1.54) is 4.68 Å². The van der Waals surface area contributed by atoms with Crippen LogP contribution in [-0.4, -0.2) is 15.7 Å². The number of hydrogen-bond donors (Lipinski definition) is 2. The normalized spacial score (nSPS) is 10.5. The summed E-state index contributed by atoms with van der Waals surface area (Å²) in [4.78, 5) is 11.9. The highest BCUT2D eigenvalue weighted by molar-refractivity contribution is 6.05. The van der Waals surface area contributed by atoms with E-state index in [1.54, 1.807) is 14.0 Å². The second-order valence-corrected chi connectivity index (χ2v) is 4.08. The molecule has 1 amide bonds. The molecular weight excluding hydrogens is 254 g/mol. The van der Waals surface area contributed by atoms with Crippen LogP contribution in [0.4, 0.5) is 20.3 Å². The second-order valence-electron chi connectivity index (χ2n) is 4.08. The number of anilines is 2. The molecule has 0 bridgehead atoms. The first-order valence-corrected chi connectivity index (χ1v) is 5.45. The van der Waals surface area contributed by atoms with Crippen LogP contribution in [0, 0.1) is 18.6 Å². The molecule has 5 nitrogen and oxygen atoms in total. The predicted molar refractivity (Wildman–Crippen MR) is 66.7 cm³/mol. The first-order chi connectivity index (χ1) is 8.88. The van der Waals surface area contributed by atoms with Gasteiger partial charge in [0.05, 0.1) is 11.4 Å². The summed E-state index contributed by atoms with van der Waals surface area (Å²) in [6, 6.07) is 2.58. The van der Waals surface area contributed by atoms with Crippen molar-refractivity contribution in [3.05, 3.63) is 41.1 Å². The Morgan fingerprint density at radius 3 is 2.37 bits per heavy atom. The molecular formula is C12H12F2N4O. The lowest BCUT2D eigenvalue weighted by Crippen LogP contribution is -2.16. The minimum Gasteiger partial charge on any atom is -0.394 e. The molecule has 0 saturated carbocycles. The van der Waals surface area contributed by atoms with E-state index in [9.17, 15) is 13.6 Å². The summed E-state index contributed by atoms with van der Waals surface area (Å²) in [5.74, 6) is -2.01. The van der Waals surface area contributed by atoms with Gasteiger partial charge in [-0.3, -0.25) is 9.48 Å². The van der Waals surface area contributed by atoms with Crippen molar-refractivity contribution in [2.75, 3.05) is 11.1 Å². The Hall–Kier alpha value is -2.44. The number of benzene rings is 1. The minimum atomic E-state index is -0.820. The van der Waals surface area contributed by atoms with Crippen LogP contribution in [0.3, 0.4) is 0 Å². The molecule has 0 radical (unpaired) electrons. The highest BCUT2D eigenvalue weighted by Gasteiger charge is 2.15. The third-order valence-corrected chi connectivity index (χ3v) is 2.63. The summed E-state index contributed by atoms with van der Waals surface area (Å²) < 4.78 is 27.4. The molecule has 0 spiro atoms. The molecule has 7 heteroatoms. The van der Waals surface area contributed by atoms with Crippen LogP contribution in [0.5, 0.6) is 0 Å². The van der Waals surface area contributed by atoms with Gasteiger partial charge in [-0.05, 0) is 19.1 Å². The van der Waals surface area contributed by atoms with E-state index in [-0.39, 0.29) is 11.4 Å². The van der Waals surface area contributed by atoms with Gasteiger partial charge in [-0.2, -0.15) is 5.10 Å². The van der Waals surface area contributed by atoms with E-state index in [4.69, 9.17) is 5.73 Å². The minimum absolute atomic E-state index is 0.129. The summed E-state index contributed by atoms with van der Waals surface area (Å²) in [6.07, 6.45) is 0. The van der Waals surface area contributed by atoms with Gasteiger partial charge in [-0.1, -0.05) is 0 Å². The lowest BCUT2D eigenvalue weighted by atomic mass is 10.2. The zero-order chi connectivity index (χ0) is 14.2. The molecule has 3 N–H and O–H groups in total. The van der Waals surface area contributed by atoms with Gasteiger partial charge in [-0.25, -0.2) is 8.78 Å². The Morgan fingerprint density at radius 2 is 1.89 bits per heavy atom. The van der Waals surface area contributed by atoms with E-state index < -0.39 is 17.5 Å². The van der Waals surface area contributed by atoms with E-state index in [0.717, 1.165) is 12.1 Å². The predicted octanol–water partition coefficient (Wildman–Crippen LogP) is 1.84. The standard InChI is InChI=1S/C12H12F2N4O/c1-6-10(15)11(18(2)17-6)16-12(19)7-3-8(13)5-9(14)4-7/h3-5H,15H2,1-2H3,(H,16,19). The van der Waals surface area contributed by atoms with Crippen LogP contribution < -0.4 is 11.1 Å². The Kier molecular flexibility index (Phi) is 3.20. The Labute approximate surface area is 108 Å². The van der Waals surface area contributed by atoms with Crippen LogP contribution >= 0.6 is 0 Å². The lowest BCUT2D eigenvalue weighted by molar-refractivity contribution is 0.102. The van der Waals surface area contributed by atoms with Gasteiger partial charge in [0.25, 0.3) is 5.91 Å². The van der Waals surface area contributed by atoms with Gasteiger partial charge in [-0.15, -0.1) is 0 Å². The lowest BCUT2D eigenvalue weighted by Gasteiger charge is -2.06. The Balaban J connectivity index is 2.30. The molecule has 2 aromatic rings. The highest BCUT2D eigenvalue weighted by Crippen LogP contribution is 2.21. The van der Waals surface area contributed by atoms with Crippen molar-refractivity contribution in [1.82, 2.24) is 9.78 Å². The first kappa shape index (κ1) is 13.0. The monoisotopic (exact) mass is 266 g/mol. The molecule has 0 atom stereocenters. The maximum atomic E-state index is 13.0. The number of aromatic nitrogens is 2. The maximum Gasteiger partial charge on any atom is 0.257 e. The molecule has 0 unspecified atom stereocenters. The molecule has 0 aliphatic carbocycles. The highest BCUT2D eigenvalue weighted by atomic mass is 19.1. The fraction of sp³-hybridized carbons (Fsp3) is 0.167. The second kappa shape index (κ2) is 4.68. The van der Waals surface area contributed by atoms with Gasteiger partial charge in [0, 0.05) is 18.7 Å². The van der Waals surface area contributed by atoms with Crippen LogP contribution in [0.1, 0.15) is 16.1 Å². The number of hydrogen-bond acceptors (Lipinski definition) is 3. The number of aryl methyl sites for hydroxylation is 2. The van der Waals surface area contributed by atoms with Crippen molar-refractivity contribution in [3.8, 4) is 0 Å². The fourth-order valence-electron chi connectivity index (χ4n) is 1.69. The number of amides is 1. The molecule has 0 aliphatic rings. The Bertz CT molecular complexity index is 631. The van der Waals surface area contributed by atoms with E-state index in [0.29, 0.717) is 17.4 Å². The number of rotatable bonds is 2. The molecule has 1 heterocycles. The third kappa shape index (κ3) is 2.54. The van der Waals surface area contributed by atoms with Gasteiger partial charge >= 0.3 is 0 Å². The van der Waals surface area contributed by atoms with Gasteiger partial charge in [0.1, 0.15) is 11.6 Å². The molecule has 1 aromatic heterocycles. The van der Waals surface area contributed by atoms with Crippen LogP contribution in [0.15, 0.2) is 18.2 Å². The molecule has 2 rings (SSSR count). The molecule has 100 valence electrons. The van der Waals surface area contributed by atoms with Crippen molar-refractivity contribution in [1.29, 1.82) is 0 Å². The number of carbonyl (C=O) groups excluding carboxylic acids is 1. The largest absolute Gasteiger partial charge is 0.394 e. The van der Waals surface area contributed by atoms with Gasteiger partial charge < -0.3 is 11.1 Å². The zero-order valence-electron chi connectivity index (χ0n) is 10.4. The average molecular weight is 266 g/mol. The third-order valence-electron chi connectivity index (χ3n) is 2.63. The topological polar surface area (TPSA) is 72.9 Å². The Morgan fingerprint density at radius 1 is 1.32 bits per heavy atom. The fourth-order valence-corrected chi connectivity index (χ4v) is 1.69. The molecule has 0 saturated heterocycles. The summed E-state index contributed by atoms with van der Waals surface area (Å²) in [7, 11) is 1.60. The van der Waals surface area contributed by atoms with Crippen molar-refractivity contribution in [2.24, 2.45) is 7.05 Å². The number of carbonyl (C=O) groups is 1. The summed E-state index contributed by atoms with van der Waals surface area (Å²) in [5, 5.41) is 6.49. The van der Waals surface area contributed by atoms with E-state index in [2.05, 4.69) is 10.4 Å². The summed E-state index contributed by atoms with van der Waals surface area (Å²) >= 11 is 0. The summed E-state index contributed by atoms with van der Waals surface area (Å²) in [5.41, 5.74) is 6.49. The molecule has 0 aliphatic heterocycles. The first-order valence-electron chi connectivity index (χ1n) is 5.45. The average Bonchev–Trinajstić information content (AvgIpc) is 2.54. The number of nitrogens with two attached hydrogens (primary N) is 1. The number of nitrogens with zero attached hydrogens (tertiary/aromatic N) is 2. The van der Waals surface area contributed by atoms with E-state index in [1.807, 2.05) is 0 Å². The SMILES string of the molecule is Cc1nn(C)c(NC(=O)c2cc(F)cc(F)c2)c1N. The number of nitrogen functional groups attached to an aromatic ring is 1. The zero-order valence-corrected chi connectivity index (χ0v) is 10.4. The van der Waals surface area contributed by atoms with Crippen LogP contribution in [0.2, 0.25) is 0 Å². The van der Waals surface area contributed by atoms with Gasteiger partial charge in [0.15, 0.2) is 5.82 Å². The summed E-state index contributed by atoms with van der Waals surface area (Å²) in [6.45, 7) is 1.69. The van der Waals surface area contributed by atoms with Crippen molar-refractivity contribution < 1.29 is 13.6 Å². The van der Waals surface area contributed by atoms with E-state index >= 15 is 0 Å². The maximum absolute atomic E-state index is 13.0. The molecule has 0 fully saturated rings. The molecule has 1 aromatic carbocycles.